The van der Waals surface area contributed by atoms with Gasteiger partial charge in [0.05, 0.1) is 6.34 Å². The molecule has 0 saturated carbocycles. The SMILES string of the molecule is CNS(=O)(=O)N(C)C(OC)N(C=N)C(c1ccccc1)(c1ccccc1)c1ccccc1. The predicted octanol–water partition coefficient (Wildman–Crippen LogP) is 3.21. The molecule has 7 nitrogen and oxygen atoms in total. The van der Waals surface area contributed by atoms with Gasteiger partial charge in [-0.25, -0.2) is 4.72 Å². The van der Waals surface area contributed by atoms with E-state index in [1.165, 1.54) is 21.2 Å². The standard InChI is InChI=1S/C24H28N4O3S/c1-26-32(29,30)27(2)23(31-3)28(19-25)24(20-13-7-4-8-14-20,21-15-9-5-10-16-21)22-17-11-6-12-18-22/h4-19,23,25-26H,1-3H3. The topological polar surface area (TPSA) is 85.7 Å². The van der Waals surface area contributed by atoms with E-state index < -0.39 is 22.1 Å². The number of nitrogens with one attached hydrogen (secondary N) is 2. The fraction of sp³-hybridized carbons (Fsp3) is 0.208. The third kappa shape index (κ3) is 4.18. The van der Waals surface area contributed by atoms with Crippen molar-refractivity contribution < 1.29 is 13.2 Å². The fourth-order valence-electron chi connectivity index (χ4n) is 4.01. The fourth-order valence-corrected chi connectivity index (χ4v) is 4.72. The zero-order valence-corrected chi connectivity index (χ0v) is 19.2. The summed E-state index contributed by atoms with van der Waals surface area (Å²) in [5, 5.41) is 8.43. The van der Waals surface area contributed by atoms with Crippen LogP contribution in [0, 0.1) is 5.41 Å². The molecule has 0 bridgehead atoms. The zero-order chi connectivity index (χ0) is 23.2. The number of hydrogen-bond donors (Lipinski definition) is 2. The summed E-state index contributed by atoms with van der Waals surface area (Å²) in [7, 11) is 0.325. The maximum atomic E-state index is 12.7. The van der Waals surface area contributed by atoms with Crippen molar-refractivity contribution in [3.05, 3.63) is 108 Å². The summed E-state index contributed by atoms with van der Waals surface area (Å²) in [4.78, 5) is 1.61. The molecule has 1 atom stereocenters. The Labute approximate surface area is 189 Å². The lowest BCUT2D eigenvalue weighted by Crippen LogP contribution is -2.60. The van der Waals surface area contributed by atoms with E-state index in [1.54, 1.807) is 4.90 Å². The maximum Gasteiger partial charge on any atom is 0.282 e. The van der Waals surface area contributed by atoms with Gasteiger partial charge in [-0.1, -0.05) is 91.0 Å². The summed E-state index contributed by atoms with van der Waals surface area (Å²) in [5.41, 5.74) is 1.53. The predicted molar refractivity (Wildman–Crippen MR) is 126 cm³/mol. The Morgan fingerprint density at radius 1 is 0.875 bits per heavy atom. The molecule has 168 valence electrons. The van der Waals surface area contributed by atoms with Gasteiger partial charge in [0.15, 0.2) is 0 Å². The monoisotopic (exact) mass is 452 g/mol. The van der Waals surface area contributed by atoms with Gasteiger partial charge >= 0.3 is 0 Å². The quantitative estimate of drug-likeness (QED) is 0.214. The van der Waals surface area contributed by atoms with E-state index >= 15 is 0 Å². The molecule has 32 heavy (non-hydrogen) atoms. The molecule has 0 aliphatic carbocycles. The zero-order valence-electron chi connectivity index (χ0n) is 18.3. The molecule has 0 aliphatic heterocycles. The van der Waals surface area contributed by atoms with E-state index in [9.17, 15) is 8.42 Å². The van der Waals surface area contributed by atoms with Gasteiger partial charge in [0.1, 0.15) is 5.54 Å². The third-order valence-electron chi connectivity index (χ3n) is 5.50. The van der Waals surface area contributed by atoms with E-state index in [0.29, 0.717) is 0 Å². The van der Waals surface area contributed by atoms with Crippen LogP contribution < -0.4 is 4.72 Å². The van der Waals surface area contributed by atoms with Crippen molar-refractivity contribution in [2.75, 3.05) is 21.2 Å². The molecule has 0 radical (unpaired) electrons. The van der Waals surface area contributed by atoms with Gasteiger partial charge in [-0.05, 0) is 16.7 Å². The Bertz CT molecular complexity index is 1010. The van der Waals surface area contributed by atoms with Crippen LogP contribution in [0.5, 0.6) is 0 Å². The van der Waals surface area contributed by atoms with Crippen molar-refractivity contribution in [3.63, 3.8) is 0 Å². The van der Waals surface area contributed by atoms with Gasteiger partial charge in [0.2, 0.25) is 6.35 Å². The first-order valence-electron chi connectivity index (χ1n) is 10.1. The number of rotatable bonds is 10. The minimum atomic E-state index is -3.86. The highest BCUT2D eigenvalue weighted by Gasteiger charge is 2.46. The normalized spacial score (nSPS) is 13.0. The van der Waals surface area contributed by atoms with Crippen molar-refractivity contribution in [2.24, 2.45) is 0 Å². The highest BCUT2D eigenvalue weighted by molar-refractivity contribution is 7.87. The van der Waals surface area contributed by atoms with Crippen LogP contribution in [-0.2, 0) is 20.5 Å². The van der Waals surface area contributed by atoms with Crippen molar-refractivity contribution in [3.8, 4) is 0 Å². The molecular formula is C24H28N4O3S. The van der Waals surface area contributed by atoms with Crippen LogP contribution in [-0.4, -0.2) is 51.5 Å². The van der Waals surface area contributed by atoms with Gasteiger partial charge in [-0.15, -0.1) is 4.31 Å². The van der Waals surface area contributed by atoms with Crippen molar-refractivity contribution >= 4 is 16.5 Å². The Balaban J connectivity index is 2.41. The average molecular weight is 453 g/mol. The number of benzene rings is 3. The van der Waals surface area contributed by atoms with Crippen molar-refractivity contribution in [1.29, 1.82) is 5.41 Å². The summed E-state index contributed by atoms with van der Waals surface area (Å²) in [6.45, 7) is 0. The van der Waals surface area contributed by atoms with Crippen LogP contribution in [0.15, 0.2) is 91.0 Å². The molecule has 0 aliphatic rings. The number of hydrogen-bond acceptors (Lipinski definition) is 4. The van der Waals surface area contributed by atoms with Crippen molar-refractivity contribution in [2.45, 2.75) is 11.9 Å². The van der Waals surface area contributed by atoms with Crippen LogP contribution >= 0.6 is 0 Å². The van der Waals surface area contributed by atoms with E-state index in [4.69, 9.17) is 10.1 Å². The number of methoxy groups -OCH3 is 1. The molecule has 0 spiro atoms. The molecule has 1 unspecified atom stereocenters. The second kappa shape index (κ2) is 10.1. The van der Waals surface area contributed by atoms with Gasteiger partial charge < -0.3 is 9.64 Å². The minimum absolute atomic E-state index is 0.859. The molecule has 0 amide bonds. The summed E-state index contributed by atoms with van der Waals surface area (Å²) < 4.78 is 34.5. The lowest BCUT2D eigenvalue weighted by molar-refractivity contribution is -0.0846. The Morgan fingerprint density at radius 2 is 1.25 bits per heavy atom. The summed E-state index contributed by atoms with van der Waals surface area (Å²) in [6, 6.07) is 29.1. The molecule has 0 heterocycles. The van der Waals surface area contributed by atoms with E-state index in [1.807, 2.05) is 91.0 Å². The summed E-state index contributed by atoms with van der Waals surface area (Å²) in [5.74, 6) is 0. The first-order valence-corrected chi connectivity index (χ1v) is 11.5. The highest BCUT2D eigenvalue weighted by Crippen LogP contribution is 2.43. The molecule has 8 heteroatoms. The molecular weight excluding hydrogens is 424 g/mol. The Kier molecular flexibility index (Phi) is 7.42. The summed E-state index contributed by atoms with van der Waals surface area (Å²) in [6.07, 6.45) is 0.00798. The van der Waals surface area contributed by atoms with Crippen LogP contribution in [0.2, 0.25) is 0 Å². The highest BCUT2D eigenvalue weighted by atomic mass is 32.2. The number of nitrogens with zero attached hydrogens (tertiary/aromatic N) is 2. The molecule has 0 saturated heterocycles. The minimum Gasteiger partial charge on any atom is -0.347 e. The Morgan fingerprint density at radius 3 is 1.53 bits per heavy atom. The van der Waals surface area contributed by atoms with Crippen LogP contribution in [0.1, 0.15) is 16.7 Å². The molecule has 3 aromatic rings. The molecule has 0 fully saturated rings. The van der Waals surface area contributed by atoms with E-state index in [2.05, 4.69) is 4.72 Å². The van der Waals surface area contributed by atoms with Gasteiger partial charge in [-0.3, -0.25) is 5.41 Å². The van der Waals surface area contributed by atoms with Crippen molar-refractivity contribution in [1.82, 2.24) is 13.9 Å². The first-order chi connectivity index (χ1) is 15.4. The lowest BCUT2D eigenvalue weighted by atomic mass is 9.76. The maximum absolute atomic E-state index is 12.7. The molecule has 2 N–H and O–H groups in total. The third-order valence-corrected chi connectivity index (χ3v) is 6.95. The second-order valence-corrected chi connectivity index (χ2v) is 9.07. The number of ether oxygens (including phenoxy) is 1. The van der Waals surface area contributed by atoms with Gasteiger partial charge in [0, 0.05) is 21.2 Å². The smallest absolute Gasteiger partial charge is 0.282 e. The molecule has 3 aromatic carbocycles. The largest absolute Gasteiger partial charge is 0.347 e. The lowest BCUT2D eigenvalue weighted by Gasteiger charge is -2.48. The van der Waals surface area contributed by atoms with Crippen LogP contribution in [0.3, 0.4) is 0 Å². The van der Waals surface area contributed by atoms with E-state index in [0.717, 1.165) is 27.3 Å². The molecule has 0 aromatic heterocycles. The Hall–Kier alpha value is -3.04. The van der Waals surface area contributed by atoms with Gasteiger partial charge in [0.25, 0.3) is 10.2 Å². The first kappa shape index (κ1) is 23.6. The average Bonchev–Trinajstić information content (AvgIpc) is 2.85. The van der Waals surface area contributed by atoms with Crippen LogP contribution in [0.4, 0.5) is 0 Å². The molecule has 3 rings (SSSR count). The van der Waals surface area contributed by atoms with Gasteiger partial charge in [-0.2, -0.15) is 8.42 Å². The second-order valence-electron chi connectivity index (χ2n) is 7.13. The van der Waals surface area contributed by atoms with Crippen LogP contribution in [0.25, 0.3) is 0 Å². The van der Waals surface area contributed by atoms with E-state index in [-0.39, 0.29) is 0 Å². The summed E-state index contributed by atoms with van der Waals surface area (Å²) >= 11 is 0.